The second-order valence-electron chi connectivity index (χ2n) is 3.92. The number of nitrogens with one attached hydrogen (secondary N) is 1. The van der Waals surface area contributed by atoms with Crippen LogP contribution in [0.3, 0.4) is 0 Å². The lowest BCUT2D eigenvalue weighted by molar-refractivity contribution is 0.0702. The molecule has 0 amide bonds. The number of aromatic carboxylic acids is 1. The Bertz CT molecular complexity index is 736. The zero-order valence-electron chi connectivity index (χ0n) is 10.1. The number of carboxylic acids is 1. The minimum absolute atomic E-state index is 0.0468. The molecule has 0 fully saturated rings. The fourth-order valence-electron chi connectivity index (χ4n) is 1.52. The van der Waals surface area contributed by atoms with Gasteiger partial charge in [-0.1, -0.05) is 12.1 Å². The van der Waals surface area contributed by atoms with Gasteiger partial charge in [0.05, 0.1) is 11.5 Å². The molecule has 0 saturated carbocycles. The Hall–Kier alpha value is -1.90. The molecule has 106 valence electrons. The highest BCUT2D eigenvalue weighted by atomic mass is 32.2. The van der Waals surface area contributed by atoms with Crippen molar-refractivity contribution in [3.8, 4) is 0 Å². The van der Waals surface area contributed by atoms with E-state index >= 15 is 0 Å². The highest BCUT2D eigenvalue weighted by molar-refractivity contribution is 7.92. The third-order valence-electron chi connectivity index (χ3n) is 2.46. The van der Waals surface area contributed by atoms with Crippen molar-refractivity contribution in [1.29, 1.82) is 0 Å². The van der Waals surface area contributed by atoms with Crippen molar-refractivity contribution in [2.75, 3.05) is 4.72 Å². The molecule has 1 aromatic carbocycles. The van der Waals surface area contributed by atoms with Crippen molar-refractivity contribution in [2.45, 2.75) is 11.5 Å². The lowest BCUT2D eigenvalue weighted by atomic mass is 10.2. The first kappa shape index (κ1) is 14.5. The van der Waals surface area contributed by atoms with Gasteiger partial charge in [0.1, 0.15) is 4.88 Å². The van der Waals surface area contributed by atoms with Gasteiger partial charge in [0.2, 0.25) is 0 Å². The lowest BCUT2D eigenvalue weighted by Gasteiger charge is -2.07. The summed E-state index contributed by atoms with van der Waals surface area (Å²) in [4.78, 5) is 10.6. The Morgan fingerprint density at radius 1 is 1.30 bits per heavy atom. The third-order valence-corrected chi connectivity index (χ3v) is 4.89. The summed E-state index contributed by atoms with van der Waals surface area (Å²) in [7, 11) is -3.84. The van der Waals surface area contributed by atoms with Crippen molar-refractivity contribution in [2.24, 2.45) is 0 Å². The van der Waals surface area contributed by atoms with E-state index < -0.39 is 16.0 Å². The Balaban J connectivity index is 2.27. The number of rotatable bonds is 5. The molecule has 1 heterocycles. The van der Waals surface area contributed by atoms with Gasteiger partial charge in [-0.05, 0) is 23.8 Å². The highest BCUT2D eigenvalue weighted by Crippen LogP contribution is 2.22. The number of aliphatic hydroxyl groups excluding tert-OH is 1. The van der Waals surface area contributed by atoms with Crippen LogP contribution in [0.5, 0.6) is 0 Å². The zero-order chi connectivity index (χ0) is 14.8. The van der Waals surface area contributed by atoms with E-state index in [-0.39, 0.29) is 16.4 Å². The monoisotopic (exact) mass is 313 g/mol. The van der Waals surface area contributed by atoms with Crippen LogP contribution >= 0.6 is 11.3 Å². The molecule has 0 atom stereocenters. The van der Waals surface area contributed by atoms with E-state index in [4.69, 9.17) is 10.2 Å². The van der Waals surface area contributed by atoms with Gasteiger partial charge in [-0.2, -0.15) is 0 Å². The Kier molecular flexibility index (Phi) is 4.07. The van der Waals surface area contributed by atoms with Gasteiger partial charge < -0.3 is 10.2 Å². The predicted molar refractivity (Wildman–Crippen MR) is 74.5 cm³/mol. The molecule has 0 spiro atoms. The van der Waals surface area contributed by atoms with E-state index in [1.807, 2.05) is 0 Å². The van der Waals surface area contributed by atoms with Crippen LogP contribution in [0.1, 0.15) is 15.2 Å². The molecule has 3 N–H and O–H groups in total. The summed E-state index contributed by atoms with van der Waals surface area (Å²) in [6.45, 7) is -0.197. The Morgan fingerprint density at radius 2 is 2.05 bits per heavy atom. The number of hydrogen-bond donors (Lipinski definition) is 3. The molecule has 0 saturated heterocycles. The van der Waals surface area contributed by atoms with Gasteiger partial charge in [-0.3, -0.25) is 4.72 Å². The summed E-state index contributed by atoms with van der Waals surface area (Å²) < 4.78 is 26.5. The van der Waals surface area contributed by atoms with Crippen LogP contribution in [0.4, 0.5) is 5.69 Å². The van der Waals surface area contributed by atoms with Crippen molar-refractivity contribution in [3.05, 3.63) is 46.2 Å². The molecule has 0 aliphatic heterocycles. The molecule has 2 aromatic rings. The average Bonchev–Trinajstić information content (AvgIpc) is 2.89. The van der Waals surface area contributed by atoms with Gasteiger partial charge in [-0.15, -0.1) is 11.3 Å². The predicted octanol–water partition coefficient (Wildman–Crippen LogP) is 1.74. The summed E-state index contributed by atoms with van der Waals surface area (Å²) in [5.41, 5.74) is 0.876. The molecular formula is C12H11NO5S2. The second kappa shape index (κ2) is 5.61. The summed E-state index contributed by atoms with van der Waals surface area (Å²) in [6, 6.07) is 7.42. The van der Waals surface area contributed by atoms with Gasteiger partial charge in [0, 0.05) is 11.1 Å². The lowest BCUT2D eigenvalue weighted by Crippen LogP contribution is -2.12. The number of hydrogen-bond acceptors (Lipinski definition) is 5. The van der Waals surface area contributed by atoms with Gasteiger partial charge in [0.25, 0.3) is 10.0 Å². The highest BCUT2D eigenvalue weighted by Gasteiger charge is 2.18. The minimum Gasteiger partial charge on any atom is -0.477 e. The third kappa shape index (κ3) is 3.16. The Labute approximate surface area is 119 Å². The largest absolute Gasteiger partial charge is 0.477 e. The second-order valence-corrected chi connectivity index (χ2v) is 6.51. The van der Waals surface area contributed by atoms with Crippen molar-refractivity contribution >= 4 is 33.0 Å². The van der Waals surface area contributed by atoms with E-state index in [2.05, 4.69) is 4.72 Å². The number of sulfonamides is 1. The fraction of sp³-hybridized carbons (Fsp3) is 0.0833. The molecule has 0 aliphatic rings. The molecule has 6 nitrogen and oxygen atoms in total. The molecule has 1 aromatic heterocycles. The van der Waals surface area contributed by atoms with Crippen LogP contribution < -0.4 is 4.72 Å². The number of carbonyl (C=O) groups is 1. The summed E-state index contributed by atoms with van der Waals surface area (Å²) in [6.07, 6.45) is 0. The van der Waals surface area contributed by atoms with Crippen LogP contribution in [0, 0.1) is 0 Å². The summed E-state index contributed by atoms with van der Waals surface area (Å²) >= 11 is 0.844. The normalized spacial score (nSPS) is 11.2. The molecule has 2 rings (SSSR count). The van der Waals surface area contributed by atoms with Crippen LogP contribution in [0.15, 0.2) is 40.6 Å². The maximum atomic E-state index is 12.1. The fourth-order valence-corrected chi connectivity index (χ4v) is 3.68. The number of aliphatic hydroxyl groups is 1. The van der Waals surface area contributed by atoms with Crippen LogP contribution in [0.25, 0.3) is 0 Å². The van der Waals surface area contributed by atoms with Crippen LogP contribution in [0.2, 0.25) is 0 Å². The molecule has 0 radical (unpaired) electrons. The minimum atomic E-state index is -3.84. The topological polar surface area (TPSA) is 104 Å². The number of carboxylic acid groups (broad SMARTS) is 1. The summed E-state index contributed by atoms with van der Waals surface area (Å²) in [5, 5.41) is 19.1. The first-order valence-corrected chi connectivity index (χ1v) is 7.83. The van der Waals surface area contributed by atoms with Gasteiger partial charge >= 0.3 is 5.97 Å². The molecular weight excluding hydrogens is 302 g/mol. The average molecular weight is 313 g/mol. The first-order chi connectivity index (χ1) is 9.42. The van der Waals surface area contributed by atoms with Crippen LogP contribution in [-0.2, 0) is 16.6 Å². The van der Waals surface area contributed by atoms with E-state index in [0.29, 0.717) is 11.3 Å². The van der Waals surface area contributed by atoms with Crippen molar-refractivity contribution in [3.63, 3.8) is 0 Å². The molecule has 8 heteroatoms. The van der Waals surface area contributed by atoms with Gasteiger partial charge in [-0.25, -0.2) is 13.2 Å². The standard InChI is InChI=1S/C12H11NO5S2/c14-6-8-2-1-3-9(4-8)13-20(17,18)10-5-11(12(15)16)19-7-10/h1-5,7,13-14H,6H2,(H,15,16). The zero-order valence-corrected chi connectivity index (χ0v) is 11.7. The van der Waals surface area contributed by atoms with E-state index in [0.717, 1.165) is 17.4 Å². The number of benzene rings is 1. The maximum Gasteiger partial charge on any atom is 0.345 e. The maximum absolute atomic E-state index is 12.1. The van der Waals surface area contributed by atoms with E-state index in [1.54, 1.807) is 18.2 Å². The number of anilines is 1. The first-order valence-electron chi connectivity index (χ1n) is 5.47. The number of thiophene rings is 1. The molecule has 0 aliphatic carbocycles. The SMILES string of the molecule is O=C(O)c1cc(S(=O)(=O)Nc2cccc(CO)c2)cs1. The quantitative estimate of drug-likeness (QED) is 0.780. The molecule has 20 heavy (non-hydrogen) atoms. The molecule has 0 bridgehead atoms. The molecule has 0 unspecified atom stereocenters. The summed E-state index contributed by atoms with van der Waals surface area (Å²) in [5.74, 6) is -1.17. The van der Waals surface area contributed by atoms with Crippen molar-refractivity contribution in [1.82, 2.24) is 0 Å². The van der Waals surface area contributed by atoms with Crippen molar-refractivity contribution < 1.29 is 23.4 Å². The Morgan fingerprint density at radius 3 is 2.65 bits per heavy atom. The smallest absolute Gasteiger partial charge is 0.345 e. The van der Waals surface area contributed by atoms with Crippen LogP contribution in [-0.4, -0.2) is 24.6 Å². The van der Waals surface area contributed by atoms with E-state index in [1.165, 1.54) is 11.4 Å². The van der Waals surface area contributed by atoms with Gasteiger partial charge in [0.15, 0.2) is 0 Å². The van der Waals surface area contributed by atoms with E-state index in [9.17, 15) is 13.2 Å².